The maximum absolute atomic E-state index is 8.65. The van der Waals surface area contributed by atoms with Gasteiger partial charge in [0.2, 0.25) is 0 Å². The third kappa shape index (κ3) is 4.10. The summed E-state index contributed by atoms with van der Waals surface area (Å²) in [6, 6.07) is 15.8. The highest BCUT2D eigenvalue weighted by Gasteiger charge is 2.01. The quantitative estimate of drug-likeness (QED) is 0.500. The molecule has 2 aromatic rings. The van der Waals surface area contributed by atoms with Crippen molar-refractivity contribution in [3.8, 4) is 5.75 Å². The van der Waals surface area contributed by atoms with E-state index in [1.165, 1.54) is 0 Å². The van der Waals surface area contributed by atoms with Crippen molar-refractivity contribution in [2.45, 2.75) is 20.0 Å². The zero-order chi connectivity index (χ0) is 14.4. The van der Waals surface area contributed by atoms with Crippen LogP contribution in [-0.4, -0.2) is 10.9 Å². The molecule has 0 fully saturated rings. The van der Waals surface area contributed by atoms with Crippen LogP contribution in [0.25, 0.3) is 0 Å². The molecule has 0 heterocycles. The Kier molecular flexibility index (Phi) is 5.18. The van der Waals surface area contributed by atoms with E-state index >= 15 is 0 Å². The Balaban J connectivity index is 1.96. The molecule has 2 rings (SSSR count). The number of oxime groups is 1. The van der Waals surface area contributed by atoms with Crippen LogP contribution in [0.4, 0.5) is 0 Å². The fraction of sp³-hybridized carbons (Fsp3) is 0.188. The van der Waals surface area contributed by atoms with Crippen LogP contribution in [0.3, 0.4) is 0 Å². The van der Waals surface area contributed by atoms with Crippen LogP contribution in [0, 0.1) is 0 Å². The van der Waals surface area contributed by atoms with E-state index in [9.17, 15) is 0 Å². The molecule has 0 unspecified atom stereocenters. The zero-order valence-corrected chi connectivity index (χ0v) is 12.8. The van der Waals surface area contributed by atoms with Gasteiger partial charge in [0.25, 0.3) is 0 Å². The van der Waals surface area contributed by atoms with Gasteiger partial charge in [-0.2, -0.15) is 0 Å². The van der Waals surface area contributed by atoms with E-state index in [1.54, 1.807) is 6.92 Å². The number of nitrogens with zero attached hydrogens (tertiary/aromatic N) is 1. The number of hydrogen-bond acceptors (Lipinski definition) is 3. The van der Waals surface area contributed by atoms with Gasteiger partial charge in [-0.3, -0.25) is 0 Å². The predicted molar refractivity (Wildman–Crippen MR) is 83.5 cm³/mol. The fourth-order valence-electron chi connectivity index (χ4n) is 1.81. The molecular formula is C16H16BrNO2. The van der Waals surface area contributed by atoms with E-state index < -0.39 is 0 Å². The normalized spacial score (nSPS) is 11.4. The molecular weight excluding hydrogens is 318 g/mol. The Labute approximate surface area is 127 Å². The van der Waals surface area contributed by atoms with E-state index in [0.717, 1.165) is 21.3 Å². The van der Waals surface area contributed by atoms with E-state index in [-0.39, 0.29) is 0 Å². The van der Waals surface area contributed by atoms with E-state index in [1.807, 2.05) is 48.5 Å². The first-order chi connectivity index (χ1) is 9.69. The van der Waals surface area contributed by atoms with Crippen molar-refractivity contribution < 1.29 is 9.94 Å². The van der Waals surface area contributed by atoms with Crippen LogP contribution in [-0.2, 0) is 13.0 Å². The Hall–Kier alpha value is -1.81. The molecule has 0 saturated heterocycles. The second-order valence-corrected chi connectivity index (χ2v) is 5.39. The molecule has 20 heavy (non-hydrogen) atoms. The van der Waals surface area contributed by atoms with Gasteiger partial charge in [-0.25, -0.2) is 0 Å². The lowest BCUT2D eigenvalue weighted by atomic mass is 10.1. The Morgan fingerprint density at radius 3 is 2.50 bits per heavy atom. The summed E-state index contributed by atoms with van der Waals surface area (Å²) < 4.78 is 6.80. The Morgan fingerprint density at radius 2 is 1.85 bits per heavy atom. The zero-order valence-electron chi connectivity index (χ0n) is 11.2. The van der Waals surface area contributed by atoms with Gasteiger partial charge >= 0.3 is 0 Å². The smallest absolute Gasteiger partial charge is 0.119 e. The third-order valence-electron chi connectivity index (χ3n) is 2.91. The van der Waals surface area contributed by atoms with Crippen molar-refractivity contribution in [1.82, 2.24) is 0 Å². The summed E-state index contributed by atoms with van der Waals surface area (Å²) in [6.45, 7) is 2.31. The van der Waals surface area contributed by atoms with Crippen molar-refractivity contribution >= 4 is 21.6 Å². The molecule has 0 saturated carbocycles. The SMILES string of the molecule is C/C(Cc1ccc(OCc2ccccc2Br)cc1)=N/O. The molecule has 2 aromatic carbocycles. The molecule has 4 heteroatoms. The topological polar surface area (TPSA) is 41.8 Å². The van der Waals surface area contributed by atoms with Crippen LogP contribution in [0.2, 0.25) is 0 Å². The maximum Gasteiger partial charge on any atom is 0.119 e. The molecule has 0 radical (unpaired) electrons. The summed E-state index contributed by atoms with van der Waals surface area (Å²) in [5.74, 6) is 0.822. The molecule has 0 aliphatic heterocycles. The summed E-state index contributed by atoms with van der Waals surface area (Å²) in [4.78, 5) is 0. The van der Waals surface area contributed by atoms with Crippen LogP contribution < -0.4 is 4.74 Å². The van der Waals surface area contributed by atoms with Gasteiger partial charge in [-0.15, -0.1) is 0 Å². The molecule has 0 bridgehead atoms. The lowest BCUT2D eigenvalue weighted by Crippen LogP contribution is -1.99. The molecule has 0 amide bonds. The summed E-state index contributed by atoms with van der Waals surface area (Å²) >= 11 is 3.50. The fourth-order valence-corrected chi connectivity index (χ4v) is 2.21. The highest BCUT2D eigenvalue weighted by atomic mass is 79.9. The third-order valence-corrected chi connectivity index (χ3v) is 3.68. The van der Waals surface area contributed by atoms with Crippen molar-refractivity contribution in [2.75, 3.05) is 0 Å². The summed E-state index contributed by atoms with van der Waals surface area (Å²) in [5.41, 5.74) is 2.89. The number of halogens is 1. The number of hydrogen-bond donors (Lipinski definition) is 1. The van der Waals surface area contributed by atoms with Gasteiger partial charge in [-0.1, -0.05) is 51.4 Å². The molecule has 0 aliphatic carbocycles. The van der Waals surface area contributed by atoms with Crippen LogP contribution in [0.15, 0.2) is 58.2 Å². The van der Waals surface area contributed by atoms with Gasteiger partial charge in [-0.05, 0) is 30.7 Å². The minimum Gasteiger partial charge on any atom is -0.489 e. The molecule has 104 valence electrons. The maximum atomic E-state index is 8.65. The van der Waals surface area contributed by atoms with Crippen molar-refractivity contribution in [2.24, 2.45) is 5.16 Å². The van der Waals surface area contributed by atoms with Gasteiger partial charge in [0.05, 0.1) is 5.71 Å². The monoisotopic (exact) mass is 333 g/mol. The number of ether oxygens (including phenoxy) is 1. The summed E-state index contributed by atoms with van der Waals surface area (Å²) in [6.07, 6.45) is 0.640. The molecule has 0 atom stereocenters. The largest absolute Gasteiger partial charge is 0.489 e. The average Bonchev–Trinajstić information content (AvgIpc) is 2.48. The average molecular weight is 334 g/mol. The first kappa shape index (κ1) is 14.6. The van der Waals surface area contributed by atoms with E-state index in [4.69, 9.17) is 9.94 Å². The second kappa shape index (κ2) is 7.10. The summed E-state index contributed by atoms with van der Waals surface area (Å²) in [7, 11) is 0. The molecule has 1 N–H and O–H groups in total. The van der Waals surface area contributed by atoms with Crippen LogP contribution in [0.1, 0.15) is 18.1 Å². The highest BCUT2D eigenvalue weighted by molar-refractivity contribution is 9.10. The van der Waals surface area contributed by atoms with Crippen molar-refractivity contribution in [3.63, 3.8) is 0 Å². The Morgan fingerprint density at radius 1 is 1.15 bits per heavy atom. The van der Waals surface area contributed by atoms with Gasteiger partial charge in [0.1, 0.15) is 12.4 Å². The minimum absolute atomic E-state index is 0.526. The molecule has 0 aromatic heterocycles. The molecule has 3 nitrogen and oxygen atoms in total. The first-order valence-electron chi connectivity index (χ1n) is 6.31. The van der Waals surface area contributed by atoms with Crippen LogP contribution in [0.5, 0.6) is 5.75 Å². The molecule has 0 spiro atoms. The van der Waals surface area contributed by atoms with Crippen molar-refractivity contribution in [3.05, 3.63) is 64.1 Å². The second-order valence-electron chi connectivity index (χ2n) is 4.54. The van der Waals surface area contributed by atoms with E-state index in [2.05, 4.69) is 21.1 Å². The van der Waals surface area contributed by atoms with E-state index in [0.29, 0.717) is 18.7 Å². The van der Waals surface area contributed by atoms with Gasteiger partial charge in [0, 0.05) is 16.5 Å². The number of benzene rings is 2. The van der Waals surface area contributed by atoms with Crippen molar-refractivity contribution in [1.29, 1.82) is 0 Å². The standard InChI is InChI=1S/C16H16BrNO2/c1-12(18-19)10-13-6-8-15(9-7-13)20-11-14-4-2-3-5-16(14)17/h2-9,19H,10-11H2,1H3/b18-12-. The lowest BCUT2D eigenvalue weighted by molar-refractivity contribution is 0.305. The number of rotatable bonds is 5. The van der Waals surface area contributed by atoms with Gasteiger partial charge in [0.15, 0.2) is 0 Å². The van der Waals surface area contributed by atoms with Crippen LogP contribution >= 0.6 is 15.9 Å². The lowest BCUT2D eigenvalue weighted by Gasteiger charge is -2.08. The summed E-state index contributed by atoms with van der Waals surface area (Å²) in [5, 5.41) is 11.8. The van der Waals surface area contributed by atoms with Gasteiger partial charge < -0.3 is 9.94 Å². The highest BCUT2D eigenvalue weighted by Crippen LogP contribution is 2.19. The Bertz CT molecular complexity index is 594. The predicted octanol–water partition coefficient (Wildman–Crippen LogP) is 4.42. The first-order valence-corrected chi connectivity index (χ1v) is 7.11. The minimum atomic E-state index is 0.526. The molecule has 0 aliphatic rings.